The van der Waals surface area contributed by atoms with E-state index in [9.17, 15) is 8.42 Å². The second-order valence-electron chi connectivity index (χ2n) is 7.39. The summed E-state index contributed by atoms with van der Waals surface area (Å²) in [6.07, 6.45) is 0.874. The Morgan fingerprint density at radius 1 is 1.09 bits per heavy atom. The fraction of sp³-hybridized carbons (Fsp3) is 0.625. The molecule has 5 nitrogen and oxygen atoms in total. The lowest BCUT2D eigenvalue weighted by molar-refractivity contribution is 0.00578. The summed E-state index contributed by atoms with van der Waals surface area (Å²) in [5.74, 6) is 0.273. The number of hydrogen-bond donors (Lipinski definition) is 1. The first-order valence-corrected chi connectivity index (χ1v) is 9.17. The molecule has 1 aromatic rings. The van der Waals surface area contributed by atoms with Crippen molar-refractivity contribution in [2.24, 2.45) is 0 Å². The summed E-state index contributed by atoms with van der Waals surface area (Å²) in [4.78, 5) is 0. The average Bonchev–Trinajstić information content (AvgIpc) is 3.03. The van der Waals surface area contributed by atoms with Gasteiger partial charge in [-0.15, -0.1) is 0 Å². The van der Waals surface area contributed by atoms with E-state index in [1.807, 2.05) is 39.8 Å². The molecule has 2 fully saturated rings. The smallest absolute Gasteiger partial charge is 0.399 e. The van der Waals surface area contributed by atoms with Crippen LogP contribution in [0.5, 0.6) is 0 Å². The van der Waals surface area contributed by atoms with Gasteiger partial charge in [0, 0.05) is 13.1 Å². The normalized spacial score (nSPS) is 27.0. The van der Waals surface area contributed by atoms with Gasteiger partial charge in [0.25, 0.3) is 0 Å². The van der Waals surface area contributed by atoms with E-state index in [0.717, 1.165) is 11.9 Å². The SMILES string of the molecule is CC1(C)OB(c2ccc(C3CCN([SH](=O)=O)C3)cc2)OC1(C)C. The molecular weight excluding hydrogens is 313 g/mol. The predicted molar refractivity (Wildman–Crippen MR) is 91.4 cm³/mol. The Hall–Kier alpha value is -0.885. The van der Waals surface area contributed by atoms with Crippen LogP contribution in [0, 0.1) is 0 Å². The fourth-order valence-corrected chi connectivity index (χ4v) is 3.68. The molecule has 1 aromatic carbocycles. The van der Waals surface area contributed by atoms with Crippen molar-refractivity contribution in [2.45, 2.75) is 51.2 Å². The molecule has 0 N–H and O–H groups in total. The largest absolute Gasteiger partial charge is 0.494 e. The van der Waals surface area contributed by atoms with Gasteiger partial charge in [-0.1, -0.05) is 24.3 Å². The van der Waals surface area contributed by atoms with Crippen molar-refractivity contribution in [3.63, 3.8) is 0 Å². The minimum absolute atomic E-state index is 0.273. The van der Waals surface area contributed by atoms with Crippen LogP contribution < -0.4 is 5.46 Å². The monoisotopic (exact) mass is 337 g/mol. The molecule has 0 aromatic heterocycles. The third-order valence-electron chi connectivity index (χ3n) is 5.33. The molecule has 0 spiro atoms. The summed E-state index contributed by atoms with van der Waals surface area (Å²) in [6.45, 7) is 9.35. The zero-order valence-corrected chi connectivity index (χ0v) is 15.0. The molecule has 3 rings (SSSR count). The maximum atomic E-state index is 11.1. The molecule has 2 saturated heterocycles. The third kappa shape index (κ3) is 3.20. The lowest BCUT2D eigenvalue weighted by Gasteiger charge is -2.32. The molecule has 126 valence electrons. The Kier molecular flexibility index (Phi) is 4.34. The number of hydrogen-bond acceptors (Lipinski definition) is 4. The van der Waals surface area contributed by atoms with Gasteiger partial charge in [-0.05, 0) is 51.1 Å². The number of nitrogens with zero attached hydrogens (tertiary/aromatic N) is 1. The molecule has 0 saturated carbocycles. The summed E-state index contributed by atoms with van der Waals surface area (Å²) in [5.41, 5.74) is 1.48. The van der Waals surface area contributed by atoms with Gasteiger partial charge in [0.2, 0.25) is 10.9 Å². The van der Waals surface area contributed by atoms with Crippen molar-refractivity contribution in [1.29, 1.82) is 0 Å². The van der Waals surface area contributed by atoms with Crippen LogP contribution in [-0.4, -0.2) is 44.1 Å². The van der Waals surface area contributed by atoms with Crippen LogP contribution in [0.25, 0.3) is 0 Å². The lowest BCUT2D eigenvalue weighted by atomic mass is 9.78. The van der Waals surface area contributed by atoms with Gasteiger partial charge in [-0.3, -0.25) is 0 Å². The van der Waals surface area contributed by atoms with Crippen LogP contribution in [0.3, 0.4) is 0 Å². The number of rotatable bonds is 3. The highest BCUT2D eigenvalue weighted by molar-refractivity contribution is 7.69. The molecule has 2 aliphatic rings. The van der Waals surface area contributed by atoms with Gasteiger partial charge < -0.3 is 9.31 Å². The van der Waals surface area contributed by atoms with E-state index in [0.29, 0.717) is 13.1 Å². The third-order valence-corrected chi connectivity index (χ3v) is 6.16. The molecule has 2 heterocycles. The number of benzene rings is 1. The van der Waals surface area contributed by atoms with Crippen molar-refractivity contribution < 1.29 is 17.7 Å². The van der Waals surface area contributed by atoms with Crippen LogP contribution >= 0.6 is 0 Å². The van der Waals surface area contributed by atoms with Gasteiger partial charge in [-0.25, -0.2) is 12.7 Å². The van der Waals surface area contributed by atoms with Crippen LogP contribution in [0.1, 0.15) is 45.6 Å². The first-order chi connectivity index (χ1) is 10.7. The first kappa shape index (κ1) is 17.0. The highest BCUT2D eigenvalue weighted by atomic mass is 32.2. The maximum absolute atomic E-state index is 11.1. The van der Waals surface area contributed by atoms with E-state index in [1.54, 1.807) is 0 Å². The minimum Gasteiger partial charge on any atom is -0.399 e. The van der Waals surface area contributed by atoms with Crippen LogP contribution in [0.15, 0.2) is 24.3 Å². The highest BCUT2D eigenvalue weighted by Gasteiger charge is 2.51. The predicted octanol–water partition coefficient (Wildman–Crippen LogP) is 1.30. The quantitative estimate of drug-likeness (QED) is 0.667. The summed E-state index contributed by atoms with van der Waals surface area (Å²) in [5, 5.41) is 0. The van der Waals surface area contributed by atoms with Crippen molar-refractivity contribution in [2.75, 3.05) is 13.1 Å². The van der Waals surface area contributed by atoms with Gasteiger partial charge >= 0.3 is 7.12 Å². The molecule has 7 heteroatoms. The molecule has 0 radical (unpaired) electrons. The van der Waals surface area contributed by atoms with E-state index in [4.69, 9.17) is 9.31 Å². The highest BCUT2D eigenvalue weighted by Crippen LogP contribution is 2.36. The van der Waals surface area contributed by atoms with Crippen molar-refractivity contribution in [3.8, 4) is 0 Å². The van der Waals surface area contributed by atoms with Crippen LogP contribution in [0.2, 0.25) is 0 Å². The average molecular weight is 337 g/mol. The Morgan fingerprint density at radius 2 is 1.65 bits per heavy atom. The van der Waals surface area contributed by atoms with Gasteiger partial charge in [0.1, 0.15) is 0 Å². The summed E-state index contributed by atoms with van der Waals surface area (Å²) in [7, 11) is -2.82. The zero-order valence-electron chi connectivity index (χ0n) is 14.1. The van der Waals surface area contributed by atoms with Crippen LogP contribution in [0.4, 0.5) is 0 Å². The molecule has 2 aliphatic heterocycles. The molecular formula is C16H24BNO4S. The molecule has 1 unspecified atom stereocenters. The molecule has 0 aliphatic carbocycles. The van der Waals surface area contributed by atoms with Gasteiger partial charge in [-0.2, -0.15) is 0 Å². The van der Waals surface area contributed by atoms with Crippen molar-refractivity contribution in [1.82, 2.24) is 4.31 Å². The molecule has 1 atom stereocenters. The molecule has 23 heavy (non-hydrogen) atoms. The first-order valence-electron chi connectivity index (χ1n) is 8.04. The van der Waals surface area contributed by atoms with E-state index in [-0.39, 0.29) is 24.2 Å². The summed E-state index contributed by atoms with van der Waals surface area (Å²) >= 11 is 0. The molecule has 0 bridgehead atoms. The van der Waals surface area contributed by atoms with Crippen LogP contribution in [-0.2, 0) is 20.2 Å². The topological polar surface area (TPSA) is 55.8 Å². The van der Waals surface area contributed by atoms with Gasteiger partial charge in [0.15, 0.2) is 0 Å². The van der Waals surface area contributed by atoms with Gasteiger partial charge in [0.05, 0.1) is 11.2 Å². The number of thiol groups is 1. The van der Waals surface area contributed by atoms with E-state index in [1.165, 1.54) is 9.87 Å². The minimum atomic E-state index is -2.46. The summed E-state index contributed by atoms with van der Waals surface area (Å²) < 4.78 is 35.7. The zero-order chi connectivity index (χ0) is 16.8. The second-order valence-corrected chi connectivity index (χ2v) is 8.43. The second kappa shape index (κ2) is 5.88. The van der Waals surface area contributed by atoms with Crippen molar-refractivity contribution in [3.05, 3.63) is 29.8 Å². The Morgan fingerprint density at radius 3 is 2.13 bits per heavy atom. The fourth-order valence-electron chi connectivity index (χ4n) is 3.07. The maximum Gasteiger partial charge on any atom is 0.494 e. The lowest BCUT2D eigenvalue weighted by Crippen LogP contribution is -2.41. The van der Waals surface area contributed by atoms with E-state index in [2.05, 4.69) is 12.1 Å². The Bertz CT molecular complexity index is 633. The molecule has 0 amide bonds. The Balaban J connectivity index is 1.72. The standard InChI is InChI=1S/C16H24BNO4S/c1-15(2)16(3,4)22-17(21-15)14-7-5-12(6-8-14)13-9-10-18(11-13)23(19)20/h5-8,13,23H,9-11H2,1-4H3. The summed E-state index contributed by atoms with van der Waals surface area (Å²) in [6, 6.07) is 8.17. The Labute approximate surface area is 140 Å². The van der Waals surface area contributed by atoms with Crippen molar-refractivity contribution >= 4 is 23.5 Å². The van der Waals surface area contributed by atoms with E-state index >= 15 is 0 Å². The van der Waals surface area contributed by atoms with E-state index < -0.39 is 10.9 Å².